The fourth-order valence-corrected chi connectivity index (χ4v) is 3.43. The molecule has 0 bridgehead atoms. The maximum Gasteiger partial charge on any atom is 0.344 e. The number of rotatable bonds is 8. The number of aromatic nitrogens is 3. The second-order valence-electron chi connectivity index (χ2n) is 6.30. The van der Waals surface area contributed by atoms with Crippen LogP contribution in [0.1, 0.15) is 23.7 Å². The van der Waals surface area contributed by atoms with Gasteiger partial charge in [-0.15, -0.1) is 16.9 Å². The molecule has 1 heterocycles. The molecule has 3 rings (SSSR count). The minimum absolute atomic E-state index is 0.0801. The molecule has 3 aromatic rings. The van der Waals surface area contributed by atoms with Gasteiger partial charge in [-0.2, -0.15) is 0 Å². The average molecular weight is 398 g/mol. The normalized spacial score (nSPS) is 10.7. The first-order valence-electron chi connectivity index (χ1n) is 9.05. The first-order chi connectivity index (χ1) is 13.5. The zero-order valence-corrected chi connectivity index (χ0v) is 17.0. The van der Waals surface area contributed by atoms with Crippen LogP contribution in [0.25, 0.3) is 5.69 Å². The highest BCUT2D eigenvalue weighted by Crippen LogP contribution is 2.27. The van der Waals surface area contributed by atoms with Crippen molar-refractivity contribution in [1.82, 2.24) is 15.0 Å². The van der Waals surface area contributed by atoms with Gasteiger partial charge in [0.15, 0.2) is 6.61 Å². The first-order valence-corrected chi connectivity index (χ1v) is 10.0. The van der Waals surface area contributed by atoms with Gasteiger partial charge in [-0.1, -0.05) is 22.9 Å². The van der Waals surface area contributed by atoms with Crippen molar-refractivity contribution in [1.29, 1.82) is 0 Å². The van der Waals surface area contributed by atoms with E-state index in [1.54, 1.807) is 23.4 Å². The number of ether oxygens (including phenoxy) is 2. The Bertz CT molecular complexity index is 938. The Labute approximate surface area is 168 Å². The molecular formula is C21H23N3O3S. The predicted octanol–water partition coefficient (Wildman–Crippen LogP) is 4.12. The first kappa shape index (κ1) is 19.9. The van der Waals surface area contributed by atoms with Crippen LogP contribution < -0.4 is 4.74 Å². The highest BCUT2D eigenvalue weighted by Gasteiger charge is 2.08. The molecule has 6 nitrogen and oxygen atoms in total. The summed E-state index contributed by atoms with van der Waals surface area (Å²) < 4.78 is 12.2. The van der Waals surface area contributed by atoms with Crippen molar-refractivity contribution in [2.24, 2.45) is 0 Å². The third kappa shape index (κ3) is 5.36. The summed E-state index contributed by atoms with van der Waals surface area (Å²) in [6.45, 7) is 6.06. The smallest absolute Gasteiger partial charge is 0.344 e. The molecule has 0 unspecified atom stereocenters. The lowest BCUT2D eigenvalue weighted by atomic mass is 10.2. The molecule has 0 aliphatic rings. The highest BCUT2D eigenvalue weighted by molar-refractivity contribution is 7.98. The van der Waals surface area contributed by atoms with Crippen molar-refractivity contribution in [2.75, 3.05) is 13.2 Å². The van der Waals surface area contributed by atoms with E-state index in [0.717, 1.165) is 21.8 Å². The number of esters is 1. The molecule has 0 aliphatic carbocycles. The summed E-state index contributed by atoms with van der Waals surface area (Å²) in [5.41, 5.74) is 4.08. The lowest BCUT2D eigenvalue weighted by Gasteiger charge is -2.10. The highest BCUT2D eigenvalue weighted by atomic mass is 32.2. The van der Waals surface area contributed by atoms with Crippen molar-refractivity contribution in [3.05, 3.63) is 65.5 Å². The summed E-state index contributed by atoms with van der Waals surface area (Å²) in [4.78, 5) is 12.5. The molecule has 0 aliphatic heterocycles. The van der Waals surface area contributed by atoms with Crippen molar-refractivity contribution in [2.45, 2.75) is 31.4 Å². The SMILES string of the molecule is CCOC(=O)COc1ccc(SCc2cn(-c3ccc(C)cc3)nn2)cc1C. The fraction of sp³-hybridized carbons (Fsp3) is 0.286. The Balaban J connectivity index is 1.57. The van der Waals surface area contributed by atoms with E-state index in [0.29, 0.717) is 18.1 Å². The Morgan fingerprint density at radius 3 is 2.64 bits per heavy atom. The number of benzene rings is 2. The summed E-state index contributed by atoms with van der Waals surface area (Å²) in [5.74, 6) is 1.04. The van der Waals surface area contributed by atoms with Gasteiger partial charge < -0.3 is 9.47 Å². The van der Waals surface area contributed by atoms with E-state index in [2.05, 4.69) is 29.4 Å². The Morgan fingerprint density at radius 2 is 1.93 bits per heavy atom. The summed E-state index contributed by atoms with van der Waals surface area (Å²) in [7, 11) is 0. The molecule has 0 atom stereocenters. The standard InChI is InChI=1S/C21H23N3O3S/c1-4-26-21(25)13-27-20-10-9-19(11-16(20)3)28-14-17-12-24(23-22-17)18-7-5-15(2)6-8-18/h5-12H,4,13-14H2,1-3H3. The lowest BCUT2D eigenvalue weighted by Crippen LogP contribution is -2.14. The molecule has 0 amide bonds. The summed E-state index contributed by atoms with van der Waals surface area (Å²) in [5, 5.41) is 8.46. The van der Waals surface area contributed by atoms with Crippen LogP contribution in [0.2, 0.25) is 0 Å². The van der Waals surface area contributed by atoms with Gasteiger partial charge >= 0.3 is 5.97 Å². The van der Waals surface area contributed by atoms with E-state index in [4.69, 9.17) is 9.47 Å². The Hall–Kier alpha value is -2.80. The van der Waals surface area contributed by atoms with Crippen molar-refractivity contribution >= 4 is 17.7 Å². The predicted molar refractivity (Wildman–Crippen MR) is 109 cm³/mol. The van der Waals surface area contributed by atoms with Crippen molar-refractivity contribution in [3.8, 4) is 11.4 Å². The van der Waals surface area contributed by atoms with Crippen LogP contribution in [-0.2, 0) is 15.3 Å². The minimum atomic E-state index is -0.364. The third-order valence-electron chi connectivity index (χ3n) is 4.02. The minimum Gasteiger partial charge on any atom is -0.482 e. The van der Waals surface area contributed by atoms with Crippen LogP contribution >= 0.6 is 11.8 Å². The maximum absolute atomic E-state index is 11.4. The molecule has 0 saturated carbocycles. The average Bonchev–Trinajstić information content (AvgIpc) is 3.15. The van der Waals surface area contributed by atoms with E-state index in [1.807, 2.05) is 43.5 Å². The largest absolute Gasteiger partial charge is 0.482 e. The molecule has 7 heteroatoms. The molecule has 0 radical (unpaired) electrons. The zero-order valence-electron chi connectivity index (χ0n) is 16.2. The van der Waals surface area contributed by atoms with Gasteiger partial charge in [-0.3, -0.25) is 0 Å². The zero-order chi connectivity index (χ0) is 19.9. The third-order valence-corrected chi connectivity index (χ3v) is 5.05. The van der Waals surface area contributed by atoms with E-state index in [-0.39, 0.29) is 12.6 Å². The van der Waals surface area contributed by atoms with Gasteiger partial charge in [0, 0.05) is 10.6 Å². The second-order valence-corrected chi connectivity index (χ2v) is 7.35. The summed E-state index contributed by atoms with van der Waals surface area (Å²) >= 11 is 1.68. The van der Waals surface area contributed by atoms with Gasteiger partial charge in [-0.25, -0.2) is 9.48 Å². The molecular weight excluding hydrogens is 374 g/mol. The summed E-state index contributed by atoms with van der Waals surface area (Å²) in [6.07, 6.45) is 1.95. The van der Waals surface area contributed by atoms with Gasteiger partial charge in [0.05, 0.1) is 24.2 Å². The van der Waals surface area contributed by atoms with Gasteiger partial charge in [0.25, 0.3) is 0 Å². The summed E-state index contributed by atoms with van der Waals surface area (Å²) in [6, 6.07) is 14.1. The number of carbonyl (C=O) groups excluding carboxylic acids is 1. The van der Waals surface area contributed by atoms with Gasteiger partial charge in [0.1, 0.15) is 5.75 Å². The van der Waals surface area contributed by atoms with Gasteiger partial charge in [-0.05, 0) is 56.7 Å². The molecule has 0 saturated heterocycles. The van der Waals surface area contributed by atoms with Crippen LogP contribution in [0.4, 0.5) is 0 Å². The second kappa shape index (κ2) is 9.41. The molecule has 0 fully saturated rings. The molecule has 2 aromatic carbocycles. The van der Waals surface area contributed by atoms with Gasteiger partial charge in [0.2, 0.25) is 0 Å². The molecule has 28 heavy (non-hydrogen) atoms. The van der Waals surface area contributed by atoms with Crippen LogP contribution in [-0.4, -0.2) is 34.2 Å². The fourth-order valence-electron chi connectivity index (χ4n) is 2.56. The van der Waals surface area contributed by atoms with E-state index in [9.17, 15) is 4.79 Å². The molecule has 0 N–H and O–H groups in total. The number of carbonyl (C=O) groups is 1. The van der Waals surface area contributed by atoms with E-state index >= 15 is 0 Å². The van der Waals surface area contributed by atoms with Crippen LogP contribution in [0.15, 0.2) is 53.6 Å². The monoisotopic (exact) mass is 397 g/mol. The van der Waals surface area contributed by atoms with E-state index in [1.165, 1.54) is 5.56 Å². The number of hydrogen-bond acceptors (Lipinski definition) is 6. The number of nitrogens with zero attached hydrogens (tertiary/aromatic N) is 3. The number of hydrogen-bond donors (Lipinski definition) is 0. The van der Waals surface area contributed by atoms with Crippen molar-refractivity contribution < 1.29 is 14.3 Å². The number of aryl methyl sites for hydroxylation is 2. The maximum atomic E-state index is 11.4. The molecule has 1 aromatic heterocycles. The van der Waals surface area contributed by atoms with Crippen LogP contribution in [0.3, 0.4) is 0 Å². The van der Waals surface area contributed by atoms with Crippen LogP contribution in [0.5, 0.6) is 5.75 Å². The number of thioether (sulfide) groups is 1. The quantitative estimate of drug-likeness (QED) is 0.421. The van der Waals surface area contributed by atoms with E-state index < -0.39 is 0 Å². The molecule has 0 spiro atoms. The topological polar surface area (TPSA) is 66.2 Å². The Morgan fingerprint density at radius 1 is 1.14 bits per heavy atom. The Kier molecular flexibility index (Phi) is 6.71. The van der Waals surface area contributed by atoms with Crippen LogP contribution in [0, 0.1) is 13.8 Å². The lowest BCUT2D eigenvalue weighted by molar-refractivity contribution is -0.145. The molecule has 146 valence electrons. The van der Waals surface area contributed by atoms with Crippen molar-refractivity contribution in [3.63, 3.8) is 0 Å².